The molecule has 0 amide bonds. The second kappa shape index (κ2) is 3.16. The number of hydrogen-bond acceptors (Lipinski definition) is 2. The van der Waals surface area contributed by atoms with Gasteiger partial charge in [-0.15, -0.1) is 0 Å². The summed E-state index contributed by atoms with van der Waals surface area (Å²) in [5, 5.41) is 0. The third-order valence-electron chi connectivity index (χ3n) is 3.95. The Morgan fingerprint density at radius 1 is 1.33 bits per heavy atom. The van der Waals surface area contributed by atoms with Gasteiger partial charge in [-0.2, -0.15) is 0 Å². The predicted octanol–water partition coefficient (Wildman–Crippen LogP) is 2.57. The first-order valence-electron chi connectivity index (χ1n) is 5.87. The Kier molecular flexibility index (Phi) is 1.91. The molecule has 15 heavy (non-hydrogen) atoms. The Morgan fingerprint density at radius 3 is 2.87 bits per heavy atom. The topological polar surface area (TPSA) is 29.3 Å². The molecular weight excluding hydrogens is 184 g/mol. The van der Waals surface area contributed by atoms with Crippen molar-refractivity contribution in [1.82, 2.24) is 0 Å². The number of hydrogen-bond donors (Lipinski definition) is 1. The highest BCUT2D eigenvalue weighted by molar-refractivity contribution is 5.62. The summed E-state index contributed by atoms with van der Waals surface area (Å²) in [5.41, 5.74) is 9.48. The molecule has 2 fully saturated rings. The summed E-state index contributed by atoms with van der Waals surface area (Å²) in [6.45, 7) is 3.43. The molecular formula is C13H18N2. The molecule has 2 nitrogen and oxygen atoms in total. The third kappa shape index (κ3) is 1.39. The minimum absolute atomic E-state index is 0.787. The number of aryl methyl sites for hydroxylation is 1. The zero-order valence-corrected chi connectivity index (χ0v) is 9.24. The first kappa shape index (κ1) is 9.08. The minimum atomic E-state index is 0.787. The highest BCUT2D eigenvalue weighted by atomic mass is 15.2. The van der Waals surface area contributed by atoms with Crippen LogP contribution in [0.3, 0.4) is 0 Å². The van der Waals surface area contributed by atoms with E-state index >= 15 is 0 Å². The molecule has 2 aliphatic rings. The molecule has 0 spiro atoms. The SMILES string of the molecule is Cc1ccc(N)cc1N1CC2CCC1C2. The normalized spacial score (nSPS) is 28.7. The summed E-state index contributed by atoms with van der Waals surface area (Å²) in [6.07, 6.45) is 4.20. The molecule has 1 aromatic rings. The van der Waals surface area contributed by atoms with Crippen LogP contribution in [0.1, 0.15) is 24.8 Å². The molecule has 1 aromatic carbocycles. The fraction of sp³-hybridized carbons (Fsp3) is 0.538. The maximum absolute atomic E-state index is 5.87. The van der Waals surface area contributed by atoms with Gasteiger partial charge in [-0.25, -0.2) is 0 Å². The van der Waals surface area contributed by atoms with Gasteiger partial charge in [-0.05, 0) is 49.8 Å². The highest BCUT2D eigenvalue weighted by Gasteiger charge is 2.38. The van der Waals surface area contributed by atoms with Gasteiger partial charge >= 0.3 is 0 Å². The predicted molar refractivity (Wildman–Crippen MR) is 64.1 cm³/mol. The lowest BCUT2D eigenvalue weighted by Gasteiger charge is -2.30. The smallest absolute Gasteiger partial charge is 0.0419 e. The van der Waals surface area contributed by atoms with Crippen LogP contribution in [0.2, 0.25) is 0 Å². The molecule has 80 valence electrons. The van der Waals surface area contributed by atoms with Crippen LogP contribution in [0.25, 0.3) is 0 Å². The molecule has 1 saturated heterocycles. The molecule has 2 atom stereocenters. The Labute approximate surface area is 91.1 Å². The van der Waals surface area contributed by atoms with Gasteiger partial charge in [-0.3, -0.25) is 0 Å². The summed E-state index contributed by atoms with van der Waals surface area (Å²) in [5.74, 6) is 0.941. The zero-order valence-electron chi connectivity index (χ0n) is 9.24. The van der Waals surface area contributed by atoms with Gasteiger partial charge in [0.2, 0.25) is 0 Å². The molecule has 0 aromatic heterocycles. The lowest BCUT2D eigenvalue weighted by Crippen LogP contribution is -2.32. The monoisotopic (exact) mass is 202 g/mol. The van der Waals surface area contributed by atoms with Crippen molar-refractivity contribution in [2.75, 3.05) is 17.2 Å². The van der Waals surface area contributed by atoms with Crippen LogP contribution in [0.5, 0.6) is 0 Å². The maximum Gasteiger partial charge on any atom is 0.0419 e. The van der Waals surface area contributed by atoms with Crippen LogP contribution in [0.15, 0.2) is 18.2 Å². The van der Waals surface area contributed by atoms with E-state index in [1.54, 1.807) is 0 Å². The minimum Gasteiger partial charge on any atom is -0.399 e. The second-order valence-electron chi connectivity index (χ2n) is 5.03. The Morgan fingerprint density at radius 2 is 2.20 bits per heavy atom. The lowest BCUT2D eigenvalue weighted by atomic mass is 10.1. The molecule has 1 heterocycles. The second-order valence-corrected chi connectivity index (χ2v) is 5.03. The summed E-state index contributed by atoms with van der Waals surface area (Å²) in [6, 6.07) is 7.05. The zero-order chi connectivity index (χ0) is 10.4. The van der Waals surface area contributed by atoms with Crippen LogP contribution in [0, 0.1) is 12.8 Å². The van der Waals surface area contributed by atoms with Crippen LogP contribution >= 0.6 is 0 Å². The molecule has 2 bridgehead atoms. The van der Waals surface area contributed by atoms with E-state index in [0.29, 0.717) is 0 Å². The Hall–Kier alpha value is -1.18. The van der Waals surface area contributed by atoms with E-state index in [1.165, 1.54) is 37.1 Å². The molecule has 1 aliphatic carbocycles. The van der Waals surface area contributed by atoms with Crippen LogP contribution < -0.4 is 10.6 Å². The number of benzene rings is 1. The molecule has 3 rings (SSSR count). The number of fused-ring (bicyclic) bond motifs is 2. The quantitative estimate of drug-likeness (QED) is 0.709. The number of nitrogens with zero attached hydrogens (tertiary/aromatic N) is 1. The molecule has 2 heteroatoms. The molecule has 2 N–H and O–H groups in total. The molecule has 1 saturated carbocycles. The van der Waals surface area contributed by atoms with E-state index in [9.17, 15) is 0 Å². The van der Waals surface area contributed by atoms with E-state index in [-0.39, 0.29) is 0 Å². The van der Waals surface area contributed by atoms with Crippen LogP contribution in [-0.2, 0) is 0 Å². The number of piperidine rings is 1. The summed E-state index contributed by atoms with van der Waals surface area (Å²) < 4.78 is 0. The van der Waals surface area contributed by atoms with E-state index in [1.807, 2.05) is 6.07 Å². The van der Waals surface area contributed by atoms with E-state index in [4.69, 9.17) is 5.73 Å². The van der Waals surface area contributed by atoms with Gasteiger partial charge in [0.1, 0.15) is 0 Å². The van der Waals surface area contributed by atoms with Crippen molar-refractivity contribution >= 4 is 11.4 Å². The van der Waals surface area contributed by atoms with Crippen molar-refractivity contribution in [2.24, 2.45) is 5.92 Å². The summed E-state index contributed by atoms with van der Waals surface area (Å²) in [4.78, 5) is 2.57. The first-order valence-corrected chi connectivity index (χ1v) is 5.87. The first-order chi connectivity index (χ1) is 7.24. The van der Waals surface area contributed by atoms with Crippen molar-refractivity contribution in [3.63, 3.8) is 0 Å². The number of nitrogen functional groups attached to an aromatic ring is 1. The molecule has 2 unspecified atom stereocenters. The third-order valence-corrected chi connectivity index (χ3v) is 3.95. The largest absolute Gasteiger partial charge is 0.399 e. The Balaban J connectivity index is 1.96. The average molecular weight is 202 g/mol. The Bertz CT molecular complexity index is 386. The van der Waals surface area contributed by atoms with Crippen molar-refractivity contribution in [3.8, 4) is 0 Å². The van der Waals surface area contributed by atoms with E-state index in [0.717, 1.165) is 17.6 Å². The number of anilines is 2. The summed E-state index contributed by atoms with van der Waals surface area (Å²) in [7, 11) is 0. The van der Waals surface area contributed by atoms with Crippen molar-refractivity contribution in [3.05, 3.63) is 23.8 Å². The van der Waals surface area contributed by atoms with Crippen molar-refractivity contribution in [1.29, 1.82) is 0 Å². The standard InChI is InChI=1S/C13H18N2/c1-9-2-4-11(14)7-13(9)15-8-10-3-5-12(15)6-10/h2,4,7,10,12H,3,5-6,8,14H2,1H3. The van der Waals surface area contributed by atoms with Gasteiger partial charge in [0, 0.05) is 24.0 Å². The fourth-order valence-corrected chi connectivity index (χ4v) is 3.16. The molecule has 0 radical (unpaired) electrons. The number of nitrogens with two attached hydrogens (primary N) is 1. The average Bonchev–Trinajstić information content (AvgIpc) is 2.83. The van der Waals surface area contributed by atoms with Gasteiger partial charge < -0.3 is 10.6 Å². The molecule has 1 aliphatic heterocycles. The number of rotatable bonds is 1. The van der Waals surface area contributed by atoms with E-state index < -0.39 is 0 Å². The van der Waals surface area contributed by atoms with Crippen molar-refractivity contribution < 1.29 is 0 Å². The van der Waals surface area contributed by atoms with Crippen LogP contribution in [-0.4, -0.2) is 12.6 Å². The fourth-order valence-electron chi connectivity index (χ4n) is 3.16. The maximum atomic E-state index is 5.87. The summed E-state index contributed by atoms with van der Waals surface area (Å²) >= 11 is 0. The van der Waals surface area contributed by atoms with Gasteiger partial charge in [-0.1, -0.05) is 6.07 Å². The van der Waals surface area contributed by atoms with Gasteiger partial charge in [0.15, 0.2) is 0 Å². The van der Waals surface area contributed by atoms with Crippen molar-refractivity contribution in [2.45, 2.75) is 32.2 Å². The van der Waals surface area contributed by atoms with Crippen LogP contribution in [0.4, 0.5) is 11.4 Å². The lowest BCUT2D eigenvalue weighted by molar-refractivity contribution is 0.553. The van der Waals surface area contributed by atoms with Gasteiger partial charge in [0.25, 0.3) is 0 Å². The van der Waals surface area contributed by atoms with E-state index in [2.05, 4.69) is 24.0 Å². The van der Waals surface area contributed by atoms with Gasteiger partial charge in [0.05, 0.1) is 0 Å². The highest BCUT2D eigenvalue weighted by Crippen LogP contribution is 2.41.